The average molecular weight is 353 g/mol. The van der Waals surface area contributed by atoms with Crippen molar-refractivity contribution in [2.45, 2.75) is 6.18 Å². The fraction of sp³-hybridized carbons (Fsp3) is 0.0667. The van der Waals surface area contributed by atoms with Gasteiger partial charge in [-0.15, -0.1) is 0 Å². The van der Waals surface area contributed by atoms with Gasteiger partial charge in [0.05, 0.1) is 0 Å². The van der Waals surface area contributed by atoms with Gasteiger partial charge in [0.2, 0.25) is 5.88 Å². The molecule has 24 heavy (non-hydrogen) atoms. The number of pyridine rings is 2. The van der Waals surface area contributed by atoms with E-state index in [-0.39, 0.29) is 28.3 Å². The highest BCUT2D eigenvalue weighted by Gasteiger charge is 2.34. The van der Waals surface area contributed by atoms with Crippen molar-refractivity contribution in [2.75, 3.05) is 0 Å². The van der Waals surface area contributed by atoms with Crippen LogP contribution in [0, 0.1) is 0 Å². The molecule has 3 aromatic heterocycles. The van der Waals surface area contributed by atoms with Gasteiger partial charge in [0.1, 0.15) is 5.69 Å². The van der Waals surface area contributed by atoms with Crippen molar-refractivity contribution in [3.8, 4) is 23.1 Å². The maximum Gasteiger partial charge on any atom is 0.433 e. The van der Waals surface area contributed by atoms with Gasteiger partial charge in [-0.2, -0.15) is 18.2 Å². The Morgan fingerprint density at radius 1 is 0.958 bits per heavy atom. The second-order valence-electron chi connectivity index (χ2n) is 4.52. The third kappa shape index (κ3) is 3.60. The summed E-state index contributed by atoms with van der Waals surface area (Å²) in [6, 6.07) is 8.43. The second-order valence-corrected chi connectivity index (χ2v) is 4.88. The lowest BCUT2D eigenvalue weighted by Crippen LogP contribution is -2.10. The maximum atomic E-state index is 13.1. The number of aromatic nitrogens is 4. The summed E-state index contributed by atoms with van der Waals surface area (Å²) in [5, 5.41) is 0.00376. The maximum absolute atomic E-state index is 13.1. The van der Waals surface area contributed by atoms with Crippen molar-refractivity contribution >= 4 is 11.6 Å². The molecule has 0 saturated carbocycles. The summed E-state index contributed by atoms with van der Waals surface area (Å²) in [7, 11) is 0. The van der Waals surface area contributed by atoms with Crippen LogP contribution in [0.15, 0.2) is 48.8 Å². The van der Waals surface area contributed by atoms with Crippen molar-refractivity contribution in [1.29, 1.82) is 0 Å². The van der Waals surface area contributed by atoms with Crippen LogP contribution in [-0.2, 0) is 6.18 Å². The third-order valence-electron chi connectivity index (χ3n) is 2.83. The molecule has 3 aromatic rings. The number of ether oxygens (including phenoxy) is 1. The minimum absolute atomic E-state index is 0.00376. The van der Waals surface area contributed by atoms with Gasteiger partial charge in [-0.05, 0) is 24.3 Å². The number of hydrogen-bond acceptors (Lipinski definition) is 5. The van der Waals surface area contributed by atoms with Crippen molar-refractivity contribution < 1.29 is 17.9 Å². The molecule has 0 aliphatic carbocycles. The highest BCUT2D eigenvalue weighted by Crippen LogP contribution is 2.33. The molecule has 0 amide bonds. The van der Waals surface area contributed by atoms with E-state index in [1.807, 2.05) is 0 Å². The minimum atomic E-state index is -4.66. The molecule has 0 unspecified atom stereocenters. The molecular formula is C15H8ClF3N4O. The Morgan fingerprint density at radius 3 is 2.42 bits per heavy atom. The van der Waals surface area contributed by atoms with Crippen LogP contribution in [0.25, 0.3) is 11.5 Å². The molecule has 5 nitrogen and oxygen atoms in total. The quantitative estimate of drug-likeness (QED) is 0.654. The number of rotatable bonds is 3. The Morgan fingerprint density at radius 2 is 1.75 bits per heavy atom. The Kier molecular flexibility index (Phi) is 4.30. The number of nitrogens with zero attached hydrogens (tertiary/aromatic N) is 4. The van der Waals surface area contributed by atoms with E-state index >= 15 is 0 Å². The van der Waals surface area contributed by atoms with E-state index < -0.39 is 11.9 Å². The summed E-state index contributed by atoms with van der Waals surface area (Å²) < 4.78 is 44.6. The molecule has 3 heterocycles. The zero-order chi connectivity index (χ0) is 17.2. The van der Waals surface area contributed by atoms with Gasteiger partial charge in [0.15, 0.2) is 22.4 Å². The summed E-state index contributed by atoms with van der Waals surface area (Å²) in [4.78, 5) is 15.2. The topological polar surface area (TPSA) is 60.8 Å². The molecule has 0 N–H and O–H groups in total. The molecular weight excluding hydrogens is 345 g/mol. The van der Waals surface area contributed by atoms with Crippen LogP contribution in [-0.4, -0.2) is 19.9 Å². The van der Waals surface area contributed by atoms with Crippen molar-refractivity contribution in [3.05, 3.63) is 59.6 Å². The molecule has 0 saturated heterocycles. The predicted molar refractivity (Wildman–Crippen MR) is 79.6 cm³/mol. The van der Waals surface area contributed by atoms with Gasteiger partial charge in [-0.1, -0.05) is 17.7 Å². The van der Waals surface area contributed by atoms with E-state index in [2.05, 4.69) is 19.9 Å². The number of halogens is 4. The number of alkyl halides is 3. The Bertz CT molecular complexity index is 859. The lowest BCUT2D eigenvalue weighted by Gasteiger charge is -2.11. The molecule has 0 bridgehead atoms. The molecule has 0 fully saturated rings. The normalized spacial score (nSPS) is 11.3. The van der Waals surface area contributed by atoms with Crippen LogP contribution in [0.2, 0.25) is 5.15 Å². The predicted octanol–water partition coefficient (Wildman–Crippen LogP) is 4.40. The molecule has 9 heteroatoms. The van der Waals surface area contributed by atoms with Gasteiger partial charge in [-0.25, -0.2) is 9.97 Å². The molecule has 122 valence electrons. The van der Waals surface area contributed by atoms with E-state index in [1.54, 1.807) is 12.1 Å². The van der Waals surface area contributed by atoms with Crippen molar-refractivity contribution in [3.63, 3.8) is 0 Å². The lowest BCUT2D eigenvalue weighted by molar-refractivity contribution is -0.141. The summed E-state index contributed by atoms with van der Waals surface area (Å²) >= 11 is 5.85. The fourth-order valence-corrected chi connectivity index (χ4v) is 1.95. The monoisotopic (exact) mass is 352 g/mol. The SMILES string of the molecule is FC(F)(F)c1cc(Oc2cccnc2Cl)nc(-c2ccccn2)n1. The second kappa shape index (κ2) is 6.40. The lowest BCUT2D eigenvalue weighted by atomic mass is 10.3. The fourth-order valence-electron chi connectivity index (χ4n) is 1.79. The standard InChI is InChI=1S/C15H8ClF3N4O/c16-13-10(5-3-7-21-13)24-12-8-11(15(17,18)19)22-14(23-12)9-4-1-2-6-20-9/h1-8H. The molecule has 0 spiro atoms. The van der Waals surface area contributed by atoms with Gasteiger partial charge >= 0.3 is 6.18 Å². The Hall–Kier alpha value is -2.74. The summed E-state index contributed by atoms with van der Waals surface area (Å²) in [6.45, 7) is 0. The van der Waals surface area contributed by atoms with Crippen LogP contribution in [0.3, 0.4) is 0 Å². The Labute approximate surface area is 139 Å². The zero-order valence-corrected chi connectivity index (χ0v) is 12.6. The summed E-state index contributed by atoms with van der Waals surface area (Å²) in [5.41, 5.74) is -0.959. The Balaban J connectivity index is 2.07. The number of hydrogen-bond donors (Lipinski definition) is 0. The first-order chi connectivity index (χ1) is 11.4. The van der Waals surface area contributed by atoms with Crippen LogP contribution >= 0.6 is 11.6 Å². The molecule has 0 aliphatic heterocycles. The van der Waals surface area contributed by atoms with Crippen molar-refractivity contribution in [2.24, 2.45) is 0 Å². The van der Waals surface area contributed by atoms with Crippen LogP contribution in [0.4, 0.5) is 13.2 Å². The van der Waals surface area contributed by atoms with Crippen molar-refractivity contribution in [1.82, 2.24) is 19.9 Å². The highest BCUT2D eigenvalue weighted by molar-refractivity contribution is 6.30. The van der Waals surface area contributed by atoms with E-state index in [0.29, 0.717) is 6.07 Å². The summed E-state index contributed by atoms with van der Waals surface area (Å²) in [5.74, 6) is -0.439. The van der Waals surface area contributed by atoms with Crippen LogP contribution in [0.1, 0.15) is 5.69 Å². The smallest absolute Gasteiger partial charge is 0.433 e. The first kappa shape index (κ1) is 16.1. The molecule has 0 radical (unpaired) electrons. The van der Waals surface area contributed by atoms with E-state index in [0.717, 1.165) is 0 Å². The van der Waals surface area contributed by atoms with Crippen LogP contribution < -0.4 is 4.74 Å². The molecule has 3 rings (SSSR count). The molecule has 0 aromatic carbocycles. The third-order valence-corrected chi connectivity index (χ3v) is 3.11. The first-order valence-corrected chi connectivity index (χ1v) is 6.97. The van der Waals surface area contributed by atoms with Gasteiger partial charge < -0.3 is 4.74 Å². The molecule has 0 aliphatic rings. The average Bonchev–Trinajstić information content (AvgIpc) is 2.57. The van der Waals surface area contributed by atoms with Crippen LogP contribution in [0.5, 0.6) is 11.6 Å². The van der Waals surface area contributed by atoms with Gasteiger partial charge in [0, 0.05) is 18.5 Å². The minimum Gasteiger partial charge on any atom is -0.436 e. The highest BCUT2D eigenvalue weighted by atomic mass is 35.5. The van der Waals surface area contributed by atoms with Gasteiger partial charge in [-0.3, -0.25) is 4.98 Å². The van der Waals surface area contributed by atoms with E-state index in [9.17, 15) is 13.2 Å². The molecule has 0 atom stereocenters. The largest absolute Gasteiger partial charge is 0.436 e. The van der Waals surface area contributed by atoms with Gasteiger partial charge in [0.25, 0.3) is 0 Å². The first-order valence-electron chi connectivity index (χ1n) is 6.59. The summed E-state index contributed by atoms with van der Waals surface area (Å²) in [6.07, 6.45) is -1.81. The van der Waals surface area contributed by atoms with E-state index in [1.165, 1.54) is 30.6 Å². The van der Waals surface area contributed by atoms with E-state index in [4.69, 9.17) is 16.3 Å². The zero-order valence-electron chi connectivity index (χ0n) is 11.8.